The van der Waals surface area contributed by atoms with E-state index in [1.165, 1.54) is 7.05 Å². The fraction of sp³-hybridized carbons (Fsp3) is 0.267. The highest BCUT2D eigenvalue weighted by Gasteiger charge is 2.29. The van der Waals surface area contributed by atoms with Gasteiger partial charge in [0.25, 0.3) is 0 Å². The SMILES string of the molecule is CN1C(=O)CN(c2ccccc2-c2cc(N)n(C)n2)CC1=O. The van der Waals surface area contributed by atoms with Crippen LogP contribution in [0.25, 0.3) is 11.3 Å². The summed E-state index contributed by atoms with van der Waals surface area (Å²) in [5.41, 5.74) is 8.21. The van der Waals surface area contributed by atoms with Gasteiger partial charge in [-0.15, -0.1) is 0 Å². The van der Waals surface area contributed by atoms with Crippen LogP contribution in [0.3, 0.4) is 0 Å². The number of anilines is 2. The van der Waals surface area contributed by atoms with Crippen LogP contribution in [0.4, 0.5) is 11.5 Å². The maximum Gasteiger partial charge on any atom is 0.248 e. The van der Waals surface area contributed by atoms with Crippen molar-refractivity contribution in [2.45, 2.75) is 0 Å². The Morgan fingerprint density at radius 3 is 2.32 bits per heavy atom. The summed E-state index contributed by atoms with van der Waals surface area (Å²) in [6, 6.07) is 9.33. The summed E-state index contributed by atoms with van der Waals surface area (Å²) in [5, 5.41) is 4.37. The molecule has 0 atom stereocenters. The van der Waals surface area contributed by atoms with Gasteiger partial charge < -0.3 is 10.6 Å². The van der Waals surface area contributed by atoms with Gasteiger partial charge in [-0.2, -0.15) is 5.10 Å². The van der Waals surface area contributed by atoms with Crippen LogP contribution in [0.1, 0.15) is 0 Å². The van der Waals surface area contributed by atoms with E-state index in [2.05, 4.69) is 5.10 Å². The molecule has 22 heavy (non-hydrogen) atoms. The molecule has 1 fully saturated rings. The molecule has 7 heteroatoms. The number of rotatable bonds is 2. The smallest absolute Gasteiger partial charge is 0.248 e. The van der Waals surface area contributed by atoms with Crippen LogP contribution in [0.5, 0.6) is 0 Å². The number of amides is 2. The molecular formula is C15H17N5O2. The zero-order valence-electron chi connectivity index (χ0n) is 12.5. The number of likely N-dealkylation sites (N-methyl/N-ethyl adjacent to an activating group) is 1. The summed E-state index contributed by atoms with van der Waals surface area (Å²) in [5.74, 6) is 0.119. The van der Waals surface area contributed by atoms with Crippen molar-refractivity contribution in [3.8, 4) is 11.3 Å². The number of nitrogens with two attached hydrogens (primary N) is 1. The van der Waals surface area contributed by atoms with Crippen molar-refractivity contribution in [2.24, 2.45) is 7.05 Å². The molecule has 1 aliphatic rings. The van der Waals surface area contributed by atoms with E-state index in [0.717, 1.165) is 21.8 Å². The van der Waals surface area contributed by atoms with Gasteiger partial charge in [-0.1, -0.05) is 18.2 Å². The number of aryl methyl sites for hydroxylation is 1. The minimum Gasteiger partial charge on any atom is -0.384 e. The van der Waals surface area contributed by atoms with E-state index >= 15 is 0 Å². The Bertz CT molecular complexity index is 715. The normalized spacial score (nSPS) is 15.5. The van der Waals surface area contributed by atoms with Crippen molar-refractivity contribution in [3.63, 3.8) is 0 Å². The number of aromatic nitrogens is 2. The number of para-hydroxylation sites is 1. The van der Waals surface area contributed by atoms with Crippen LogP contribution in [0.15, 0.2) is 30.3 Å². The van der Waals surface area contributed by atoms with Crippen LogP contribution in [0, 0.1) is 0 Å². The third-order valence-electron chi connectivity index (χ3n) is 3.84. The largest absolute Gasteiger partial charge is 0.384 e. The number of nitrogens with zero attached hydrogens (tertiary/aromatic N) is 4. The van der Waals surface area contributed by atoms with Crippen molar-refractivity contribution in [1.82, 2.24) is 14.7 Å². The molecule has 2 heterocycles. The summed E-state index contributed by atoms with van der Waals surface area (Å²) >= 11 is 0. The quantitative estimate of drug-likeness (QED) is 0.815. The second-order valence-electron chi connectivity index (χ2n) is 5.30. The molecule has 0 unspecified atom stereocenters. The number of imide groups is 1. The Balaban J connectivity index is 2.02. The van der Waals surface area contributed by atoms with E-state index in [1.54, 1.807) is 22.7 Å². The summed E-state index contributed by atoms with van der Waals surface area (Å²) in [6.45, 7) is 0.336. The summed E-state index contributed by atoms with van der Waals surface area (Å²) < 4.78 is 1.59. The molecular weight excluding hydrogens is 282 g/mol. The van der Waals surface area contributed by atoms with Gasteiger partial charge in [0.05, 0.1) is 18.8 Å². The number of hydrogen-bond acceptors (Lipinski definition) is 5. The second kappa shape index (κ2) is 5.18. The second-order valence-corrected chi connectivity index (χ2v) is 5.30. The molecule has 2 aromatic rings. The van der Waals surface area contributed by atoms with Crippen molar-refractivity contribution >= 4 is 23.3 Å². The third kappa shape index (κ3) is 2.30. The number of nitrogen functional groups attached to an aromatic ring is 1. The lowest BCUT2D eigenvalue weighted by molar-refractivity contribution is -0.143. The number of hydrogen-bond donors (Lipinski definition) is 1. The molecule has 0 radical (unpaired) electrons. The first kappa shape index (κ1) is 14.1. The van der Waals surface area contributed by atoms with Crippen LogP contribution in [0.2, 0.25) is 0 Å². The predicted molar refractivity (Wildman–Crippen MR) is 83.0 cm³/mol. The van der Waals surface area contributed by atoms with Crippen LogP contribution >= 0.6 is 0 Å². The van der Waals surface area contributed by atoms with Gasteiger partial charge in [0, 0.05) is 31.4 Å². The lowest BCUT2D eigenvalue weighted by Crippen LogP contribution is -2.52. The van der Waals surface area contributed by atoms with Gasteiger partial charge in [0.2, 0.25) is 11.8 Å². The maximum absolute atomic E-state index is 11.9. The molecule has 7 nitrogen and oxygen atoms in total. The number of piperazine rings is 1. The predicted octanol–water partition coefficient (Wildman–Crippen LogP) is 0.474. The number of carbonyl (C=O) groups excluding carboxylic acids is 2. The first-order valence-corrected chi connectivity index (χ1v) is 6.90. The van der Waals surface area contributed by atoms with Gasteiger partial charge in [-0.3, -0.25) is 19.2 Å². The van der Waals surface area contributed by atoms with Crippen molar-refractivity contribution in [2.75, 3.05) is 30.8 Å². The van der Waals surface area contributed by atoms with Gasteiger partial charge in [0.15, 0.2) is 0 Å². The maximum atomic E-state index is 11.9. The molecule has 2 N–H and O–H groups in total. The number of benzene rings is 1. The molecule has 3 rings (SSSR count). The van der Waals surface area contributed by atoms with Crippen LogP contribution < -0.4 is 10.6 Å². The molecule has 2 amide bonds. The topological polar surface area (TPSA) is 84.5 Å². The fourth-order valence-electron chi connectivity index (χ4n) is 2.48. The Morgan fingerprint density at radius 1 is 1.09 bits per heavy atom. The van der Waals surface area contributed by atoms with Crippen molar-refractivity contribution < 1.29 is 9.59 Å². The average molecular weight is 299 g/mol. The monoisotopic (exact) mass is 299 g/mol. The van der Waals surface area contributed by atoms with E-state index < -0.39 is 0 Å². The zero-order chi connectivity index (χ0) is 15.9. The highest BCUT2D eigenvalue weighted by atomic mass is 16.2. The minimum absolute atomic E-state index is 0.168. The van der Waals surface area contributed by atoms with Gasteiger partial charge in [0.1, 0.15) is 5.82 Å². The van der Waals surface area contributed by atoms with Crippen molar-refractivity contribution in [1.29, 1.82) is 0 Å². The Labute approximate surface area is 127 Å². The lowest BCUT2D eigenvalue weighted by Gasteiger charge is -2.32. The first-order valence-electron chi connectivity index (χ1n) is 6.90. The Hall–Kier alpha value is -2.83. The van der Waals surface area contributed by atoms with E-state index in [9.17, 15) is 9.59 Å². The van der Waals surface area contributed by atoms with Crippen LogP contribution in [-0.2, 0) is 16.6 Å². The Morgan fingerprint density at radius 2 is 1.73 bits per heavy atom. The number of carbonyl (C=O) groups is 2. The Kier molecular flexibility index (Phi) is 3.32. The van der Waals surface area contributed by atoms with Crippen molar-refractivity contribution in [3.05, 3.63) is 30.3 Å². The highest BCUT2D eigenvalue weighted by molar-refractivity contribution is 6.03. The lowest BCUT2D eigenvalue weighted by atomic mass is 10.1. The van der Waals surface area contributed by atoms with Gasteiger partial charge >= 0.3 is 0 Å². The first-order chi connectivity index (χ1) is 10.5. The summed E-state index contributed by atoms with van der Waals surface area (Å²) in [4.78, 5) is 26.8. The standard InChI is InChI=1S/C15H17N5O2/c1-18-14(21)8-20(9-15(18)22)12-6-4-3-5-10(12)11-7-13(16)19(2)17-11/h3-7H,8-9,16H2,1-2H3. The molecule has 1 aromatic heterocycles. The summed E-state index contributed by atoms with van der Waals surface area (Å²) in [7, 11) is 3.28. The summed E-state index contributed by atoms with van der Waals surface area (Å²) in [6.07, 6.45) is 0. The third-order valence-corrected chi connectivity index (χ3v) is 3.84. The molecule has 0 saturated carbocycles. The fourth-order valence-corrected chi connectivity index (χ4v) is 2.48. The van der Waals surface area contributed by atoms with Gasteiger partial charge in [-0.25, -0.2) is 0 Å². The average Bonchev–Trinajstić information content (AvgIpc) is 2.84. The van der Waals surface area contributed by atoms with E-state index in [1.807, 2.05) is 24.3 Å². The molecule has 1 aromatic carbocycles. The minimum atomic E-state index is -0.216. The van der Waals surface area contributed by atoms with Gasteiger partial charge in [-0.05, 0) is 6.07 Å². The molecule has 1 saturated heterocycles. The van der Waals surface area contributed by atoms with E-state index in [4.69, 9.17) is 5.73 Å². The molecule has 0 spiro atoms. The molecule has 1 aliphatic heterocycles. The molecule has 114 valence electrons. The van der Waals surface area contributed by atoms with Crippen LogP contribution in [-0.4, -0.2) is 46.6 Å². The molecule has 0 bridgehead atoms. The highest BCUT2D eigenvalue weighted by Crippen LogP contribution is 2.31. The zero-order valence-corrected chi connectivity index (χ0v) is 12.5. The van der Waals surface area contributed by atoms with E-state index in [0.29, 0.717) is 5.82 Å². The molecule has 0 aliphatic carbocycles. The van der Waals surface area contributed by atoms with E-state index in [-0.39, 0.29) is 24.9 Å².